The topological polar surface area (TPSA) is 78.8 Å². The molecule has 1 amide bonds. The van der Waals surface area contributed by atoms with E-state index in [1.54, 1.807) is 6.08 Å². The number of hydrogen-bond acceptors (Lipinski definition) is 4. The highest BCUT2D eigenvalue weighted by Gasteiger charge is 2.18. The van der Waals surface area contributed by atoms with Crippen LogP contribution in [0.25, 0.3) is 0 Å². The van der Waals surface area contributed by atoms with Gasteiger partial charge in [-0.15, -0.1) is 0 Å². The lowest BCUT2D eigenvalue weighted by Gasteiger charge is -2.20. The third-order valence-corrected chi connectivity index (χ3v) is 11.8. The Bertz CT molecular complexity index is 773. The van der Waals surface area contributed by atoms with Crippen molar-refractivity contribution in [2.75, 3.05) is 19.8 Å². The maximum Gasteiger partial charge on any atom is 0.220 e. The fraction of sp³-hybridized carbons (Fsp3) is 0.941. The summed E-state index contributed by atoms with van der Waals surface area (Å²) in [5.41, 5.74) is 0. The van der Waals surface area contributed by atoms with Gasteiger partial charge in [0.2, 0.25) is 5.91 Å². The zero-order chi connectivity index (χ0) is 40.7. The number of carbonyl (C=O) groups excluding carboxylic acids is 1. The third-order valence-electron chi connectivity index (χ3n) is 11.8. The Morgan fingerprint density at radius 1 is 0.464 bits per heavy atom. The lowest BCUT2D eigenvalue weighted by Crippen LogP contribution is -2.45. The van der Waals surface area contributed by atoms with E-state index < -0.39 is 12.1 Å². The van der Waals surface area contributed by atoms with Gasteiger partial charge >= 0.3 is 0 Å². The van der Waals surface area contributed by atoms with Crippen molar-refractivity contribution in [3.8, 4) is 0 Å². The SMILES string of the molecule is CCCCCCCCCCCCC/C=C/[C@@H](O)[C@H](CO)NC(=O)CCCCCCCCCCCCCCCCCOCCCCCCCCCCCCCCC. The summed E-state index contributed by atoms with van der Waals surface area (Å²) in [4.78, 5) is 12.4. The van der Waals surface area contributed by atoms with Crippen LogP contribution in [0.2, 0.25) is 0 Å². The van der Waals surface area contributed by atoms with Crippen molar-refractivity contribution >= 4 is 5.91 Å². The summed E-state index contributed by atoms with van der Waals surface area (Å²) in [6.07, 6.45) is 56.5. The average Bonchev–Trinajstić information content (AvgIpc) is 3.20. The smallest absolute Gasteiger partial charge is 0.220 e. The Hall–Kier alpha value is -0.910. The maximum atomic E-state index is 12.4. The Morgan fingerprint density at radius 2 is 0.768 bits per heavy atom. The standard InChI is InChI=1S/C51H101NO4/c1-3-5-7-9-11-13-15-20-24-28-32-36-40-44-50(54)49(48-53)52-51(55)45-41-37-33-29-25-21-18-17-19-23-27-31-35-39-43-47-56-46-42-38-34-30-26-22-16-14-12-10-8-6-4-2/h40,44,49-50,53-54H,3-39,41-43,45-48H2,1-2H3,(H,52,55)/b44-40+/t49-,50+/m0/s1. The predicted octanol–water partition coefficient (Wildman–Crippen LogP) is 15.4. The minimum atomic E-state index is -0.837. The highest BCUT2D eigenvalue weighted by molar-refractivity contribution is 5.76. The lowest BCUT2D eigenvalue weighted by atomic mass is 10.0. The Morgan fingerprint density at radius 3 is 1.11 bits per heavy atom. The number of unbranched alkanes of at least 4 members (excludes halogenated alkanes) is 37. The molecule has 0 fully saturated rings. The van der Waals surface area contributed by atoms with E-state index in [2.05, 4.69) is 19.2 Å². The summed E-state index contributed by atoms with van der Waals surface area (Å²) in [5.74, 6) is -0.0636. The van der Waals surface area contributed by atoms with Crippen LogP contribution in [0.1, 0.15) is 277 Å². The summed E-state index contributed by atoms with van der Waals surface area (Å²) in [6, 6.07) is -0.621. The van der Waals surface area contributed by atoms with Crippen LogP contribution < -0.4 is 5.32 Å². The number of carbonyl (C=O) groups is 1. The highest BCUT2D eigenvalue weighted by Crippen LogP contribution is 2.16. The van der Waals surface area contributed by atoms with Crippen molar-refractivity contribution in [2.45, 2.75) is 289 Å². The number of aliphatic hydroxyl groups is 2. The molecule has 0 radical (unpaired) electrons. The van der Waals surface area contributed by atoms with Gasteiger partial charge in [0.1, 0.15) is 0 Å². The first-order chi connectivity index (χ1) is 27.7. The van der Waals surface area contributed by atoms with Crippen molar-refractivity contribution in [2.24, 2.45) is 0 Å². The van der Waals surface area contributed by atoms with E-state index in [9.17, 15) is 15.0 Å². The summed E-state index contributed by atoms with van der Waals surface area (Å²) >= 11 is 0. The molecule has 0 aliphatic rings. The van der Waals surface area contributed by atoms with E-state index in [-0.39, 0.29) is 12.5 Å². The fourth-order valence-electron chi connectivity index (χ4n) is 7.93. The summed E-state index contributed by atoms with van der Waals surface area (Å²) in [7, 11) is 0. The largest absolute Gasteiger partial charge is 0.394 e. The first-order valence-electron chi connectivity index (χ1n) is 25.5. The lowest BCUT2D eigenvalue weighted by molar-refractivity contribution is -0.123. The third kappa shape index (κ3) is 44.2. The highest BCUT2D eigenvalue weighted by atomic mass is 16.5. The first kappa shape index (κ1) is 55.1. The molecule has 56 heavy (non-hydrogen) atoms. The number of rotatable bonds is 48. The van der Waals surface area contributed by atoms with Gasteiger partial charge < -0.3 is 20.3 Å². The van der Waals surface area contributed by atoms with Crippen LogP contribution >= 0.6 is 0 Å². The van der Waals surface area contributed by atoms with Crippen LogP contribution in [0.15, 0.2) is 12.2 Å². The van der Waals surface area contributed by atoms with Crippen molar-refractivity contribution in [1.29, 1.82) is 0 Å². The second-order valence-corrected chi connectivity index (χ2v) is 17.5. The van der Waals surface area contributed by atoms with Gasteiger partial charge in [0.15, 0.2) is 0 Å². The van der Waals surface area contributed by atoms with Crippen molar-refractivity contribution < 1.29 is 19.7 Å². The minimum absolute atomic E-state index is 0.0636. The van der Waals surface area contributed by atoms with Gasteiger partial charge in [-0.05, 0) is 32.1 Å². The average molecular weight is 792 g/mol. The monoisotopic (exact) mass is 792 g/mol. The van der Waals surface area contributed by atoms with E-state index >= 15 is 0 Å². The Labute approximate surface area is 351 Å². The maximum absolute atomic E-state index is 12.4. The predicted molar refractivity (Wildman–Crippen MR) is 246 cm³/mol. The van der Waals surface area contributed by atoms with Crippen molar-refractivity contribution in [3.63, 3.8) is 0 Å². The van der Waals surface area contributed by atoms with Gasteiger partial charge in [0.05, 0.1) is 18.8 Å². The molecule has 3 N–H and O–H groups in total. The zero-order valence-electron chi connectivity index (χ0n) is 38.1. The summed E-state index contributed by atoms with van der Waals surface area (Å²) in [5, 5.41) is 23.0. The van der Waals surface area contributed by atoms with Crippen molar-refractivity contribution in [3.05, 3.63) is 12.2 Å². The Kier molecular flexibility index (Phi) is 47.7. The minimum Gasteiger partial charge on any atom is -0.394 e. The number of ether oxygens (including phenoxy) is 1. The molecule has 0 aliphatic carbocycles. The number of amides is 1. The van der Waals surface area contributed by atoms with Gasteiger partial charge in [0.25, 0.3) is 0 Å². The summed E-state index contributed by atoms with van der Waals surface area (Å²) < 4.78 is 5.88. The number of nitrogens with one attached hydrogen (secondary N) is 1. The van der Waals surface area contributed by atoms with Crippen LogP contribution in [0, 0.1) is 0 Å². The van der Waals surface area contributed by atoms with Crippen LogP contribution in [-0.4, -0.2) is 48.1 Å². The molecule has 0 unspecified atom stereocenters. The zero-order valence-corrected chi connectivity index (χ0v) is 38.1. The van der Waals surface area contributed by atoms with Crippen LogP contribution in [0.3, 0.4) is 0 Å². The molecule has 0 bridgehead atoms. The van der Waals surface area contributed by atoms with Gasteiger partial charge in [-0.25, -0.2) is 0 Å². The van der Waals surface area contributed by atoms with Crippen LogP contribution in [0.5, 0.6) is 0 Å². The second-order valence-electron chi connectivity index (χ2n) is 17.5. The molecule has 0 saturated heterocycles. The van der Waals surface area contributed by atoms with Crippen LogP contribution in [-0.2, 0) is 9.53 Å². The van der Waals surface area contributed by atoms with E-state index in [1.807, 2.05) is 6.08 Å². The van der Waals surface area contributed by atoms with Gasteiger partial charge in [-0.2, -0.15) is 0 Å². The van der Waals surface area contributed by atoms with Gasteiger partial charge in [-0.1, -0.05) is 251 Å². The first-order valence-corrected chi connectivity index (χ1v) is 25.5. The molecule has 0 rings (SSSR count). The molecule has 0 heterocycles. The molecule has 0 aromatic rings. The molecule has 0 aromatic heterocycles. The molecule has 0 spiro atoms. The van der Waals surface area contributed by atoms with E-state index in [4.69, 9.17) is 4.74 Å². The van der Waals surface area contributed by atoms with Gasteiger partial charge in [0, 0.05) is 19.6 Å². The fourth-order valence-corrected chi connectivity index (χ4v) is 7.93. The second kappa shape index (κ2) is 48.5. The number of aliphatic hydroxyl groups excluding tert-OH is 2. The quantitative estimate of drug-likeness (QED) is 0.0424. The van der Waals surface area contributed by atoms with Gasteiger partial charge in [-0.3, -0.25) is 4.79 Å². The number of hydrogen-bond donors (Lipinski definition) is 3. The summed E-state index contributed by atoms with van der Waals surface area (Å²) in [6.45, 7) is 6.24. The van der Waals surface area contributed by atoms with Crippen LogP contribution in [0.4, 0.5) is 0 Å². The molecule has 5 heteroatoms. The molecule has 0 aromatic carbocycles. The molecule has 0 aliphatic heterocycles. The van der Waals surface area contributed by atoms with E-state index in [0.717, 1.165) is 38.9 Å². The molecule has 334 valence electrons. The molecule has 5 nitrogen and oxygen atoms in total. The van der Waals surface area contributed by atoms with E-state index in [1.165, 1.54) is 231 Å². The number of allylic oxidation sites excluding steroid dienone is 1. The Balaban J connectivity index is 3.39. The molecule has 0 saturated carbocycles. The van der Waals surface area contributed by atoms with E-state index in [0.29, 0.717) is 6.42 Å². The normalized spacial score (nSPS) is 12.9. The molecule has 2 atom stereocenters. The molecular formula is C51H101NO4. The molecular weight excluding hydrogens is 691 g/mol. The van der Waals surface area contributed by atoms with Crippen molar-refractivity contribution in [1.82, 2.24) is 5.32 Å².